The summed E-state index contributed by atoms with van der Waals surface area (Å²) in [5, 5.41) is 5.88. The zero-order valence-electron chi connectivity index (χ0n) is 19.7. The maximum atomic E-state index is 13.2. The standard InChI is InChI=1S/C25H32N4O4S/c1-3-33-20-9-7-19(8-10-20)26-24(31)21(11-12-34-2)27-25(32)28-14-17-13-18(16-28)22-5-4-6-23(30)29(22)15-17/h4-10,17-18,21H,3,11-16H2,1-2H3,(H,26,31)(H,27,32)/t17-,18+,21-/m0/s1. The number of hydrogen-bond donors (Lipinski definition) is 2. The van der Waals surface area contributed by atoms with Gasteiger partial charge >= 0.3 is 6.03 Å². The molecule has 2 aliphatic heterocycles. The molecule has 0 saturated carbocycles. The van der Waals surface area contributed by atoms with Gasteiger partial charge in [-0.2, -0.15) is 11.8 Å². The number of carbonyl (C=O) groups excluding carboxylic acids is 2. The molecule has 2 aromatic rings. The fourth-order valence-corrected chi connectivity index (χ4v) is 5.31. The van der Waals surface area contributed by atoms with Crippen LogP contribution in [0.4, 0.5) is 10.5 Å². The largest absolute Gasteiger partial charge is 0.494 e. The third-order valence-corrected chi connectivity index (χ3v) is 7.07. The molecular weight excluding hydrogens is 452 g/mol. The average molecular weight is 485 g/mol. The van der Waals surface area contributed by atoms with Crippen molar-refractivity contribution in [2.75, 3.05) is 37.0 Å². The van der Waals surface area contributed by atoms with E-state index in [0.29, 0.717) is 38.3 Å². The van der Waals surface area contributed by atoms with Crippen LogP contribution in [0.1, 0.15) is 31.4 Å². The lowest BCUT2D eigenvalue weighted by Gasteiger charge is -2.43. The predicted molar refractivity (Wildman–Crippen MR) is 135 cm³/mol. The van der Waals surface area contributed by atoms with Gasteiger partial charge in [0.15, 0.2) is 0 Å². The Morgan fingerprint density at radius 2 is 1.94 bits per heavy atom. The summed E-state index contributed by atoms with van der Waals surface area (Å²) in [6.45, 7) is 4.25. The lowest BCUT2D eigenvalue weighted by atomic mass is 9.83. The van der Waals surface area contributed by atoms with E-state index in [9.17, 15) is 14.4 Å². The molecule has 0 aliphatic carbocycles. The maximum Gasteiger partial charge on any atom is 0.318 e. The topological polar surface area (TPSA) is 92.7 Å². The summed E-state index contributed by atoms with van der Waals surface area (Å²) < 4.78 is 7.30. The van der Waals surface area contributed by atoms with Gasteiger partial charge in [0.2, 0.25) is 5.91 Å². The van der Waals surface area contributed by atoms with Gasteiger partial charge < -0.3 is 24.8 Å². The van der Waals surface area contributed by atoms with Crippen LogP contribution in [-0.2, 0) is 11.3 Å². The van der Waals surface area contributed by atoms with Crippen molar-refractivity contribution >= 4 is 29.4 Å². The van der Waals surface area contributed by atoms with Crippen LogP contribution < -0.4 is 20.9 Å². The number of urea groups is 1. The first-order valence-electron chi connectivity index (χ1n) is 11.8. The molecule has 0 spiro atoms. The second-order valence-electron chi connectivity index (χ2n) is 8.83. The van der Waals surface area contributed by atoms with E-state index < -0.39 is 6.04 Å². The van der Waals surface area contributed by atoms with Gasteiger partial charge in [-0.05, 0) is 68.0 Å². The number of nitrogens with zero attached hydrogens (tertiary/aromatic N) is 2. The Balaban J connectivity index is 1.41. The first kappa shape index (κ1) is 24.2. The Bertz CT molecular complexity index is 1070. The van der Waals surface area contributed by atoms with Crippen molar-refractivity contribution < 1.29 is 14.3 Å². The number of nitrogens with one attached hydrogen (secondary N) is 2. The number of benzene rings is 1. The highest BCUT2D eigenvalue weighted by molar-refractivity contribution is 7.98. The van der Waals surface area contributed by atoms with Crippen LogP contribution in [0, 0.1) is 5.92 Å². The lowest BCUT2D eigenvalue weighted by molar-refractivity contribution is -0.118. The molecule has 3 amide bonds. The molecule has 3 heterocycles. The zero-order valence-corrected chi connectivity index (χ0v) is 20.5. The van der Waals surface area contributed by atoms with E-state index in [1.54, 1.807) is 40.9 Å². The monoisotopic (exact) mass is 484 g/mol. The minimum absolute atomic E-state index is 0.0215. The van der Waals surface area contributed by atoms with E-state index in [4.69, 9.17) is 4.74 Å². The van der Waals surface area contributed by atoms with Crippen molar-refractivity contribution in [2.45, 2.75) is 38.3 Å². The minimum atomic E-state index is -0.636. The average Bonchev–Trinajstić information content (AvgIpc) is 2.83. The fraction of sp³-hybridized carbons (Fsp3) is 0.480. The van der Waals surface area contributed by atoms with Gasteiger partial charge in [-0.15, -0.1) is 0 Å². The molecule has 1 aromatic carbocycles. The van der Waals surface area contributed by atoms with Crippen LogP contribution in [0.25, 0.3) is 0 Å². The molecular formula is C25H32N4O4S. The number of piperidine rings is 1. The Morgan fingerprint density at radius 1 is 1.15 bits per heavy atom. The van der Waals surface area contributed by atoms with Crippen molar-refractivity contribution in [2.24, 2.45) is 5.92 Å². The maximum absolute atomic E-state index is 13.2. The Morgan fingerprint density at radius 3 is 2.68 bits per heavy atom. The highest BCUT2D eigenvalue weighted by atomic mass is 32.2. The second kappa shape index (κ2) is 11.0. The number of likely N-dealkylation sites (tertiary alicyclic amines) is 1. The van der Waals surface area contributed by atoms with Gasteiger partial charge in [0.1, 0.15) is 11.8 Å². The first-order chi connectivity index (χ1) is 16.5. The number of rotatable bonds is 8. The highest BCUT2D eigenvalue weighted by Gasteiger charge is 2.37. The molecule has 0 radical (unpaired) electrons. The fourth-order valence-electron chi connectivity index (χ4n) is 4.84. The number of hydrogen-bond acceptors (Lipinski definition) is 5. The van der Waals surface area contributed by atoms with E-state index >= 15 is 0 Å². The molecule has 1 aromatic heterocycles. The van der Waals surface area contributed by atoms with Crippen LogP contribution in [0.5, 0.6) is 5.75 Å². The Hall–Kier alpha value is -2.94. The summed E-state index contributed by atoms with van der Waals surface area (Å²) in [5.74, 6) is 1.63. The molecule has 3 atom stereocenters. The summed E-state index contributed by atoms with van der Waals surface area (Å²) in [6, 6.07) is 11.7. The number of aromatic nitrogens is 1. The molecule has 8 nitrogen and oxygen atoms in total. The van der Waals surface area contributed by atoms with E-state index in [2.05, 4.69) is 10.6 Å². The van der Waals surface area contributed by atoms with Gasteiger partial charge in [-0.3, -0.25) is 9.59 Å². The van der Waals surface area contributed by atoms with Gasteiger partial charge in [0, 0.05) is 43.0 Å². The molecule has 0 unspecified atom stereocenters. The summed E-state index contributed by atoms with van der Waals surface area (Å²) in [6.07, 6.45) is 3.49. The van der Waals surface area contributed by atoms with Crippen LogP contribution in [0.2, 0.25) is 0 Å². The number of anilines is 1. The van der Waals surface area contributed by atoms with Crippen molar-refractivity contribution in [3.05, 3.63) is 58.5 Å². The summed E-state index contributed by atoms with van der Waals surface area (Å²) in [4.78, 5) is 40.3. The number of carbonyl (C=O) groups is 2. The van der Waals surface area contributed by atoms with E-state index in [0.717, 1.165) is 23.6 Å². The van der Waals surface area contributed by atoms with Crippen molar-refractivity contribution in [3.63, 3.8) is 0 Å². The normalized spacial score (nSPS) is 19.6. The lowest BCUT2D eigenvalue weighted by Crippen LogP contribution is -2.55. The number of ether oxygens (including phenoxy) is 1. The number of amides is 3. The molecule has 2 bridgehead atoms. The molecule has 2 N–H and O–H groups in total. The van der Waals surface area contributed by atoms with Gasteiger partial charge in [-0.25, -0.2) is 4.79 Å². The molecule has 9 heteroatoms. The minimum Gasteiger partial charge on any atom is -0.494 e. The molecule has 4 rings (SSSR count). The van der Waals surface area contributed by atoms with Crippen LogP contribution in [0.3, 0.4) is 0 Å². The summed E-state index contributed by atoms with van der Waals surface area (Å²) in [5.41, 5.74) is 1.67. The molecule has 34 heavy (non-hydrogen) atoms. The number of fused-ring (bicyclic) bond motifs is 4. The van der Waals surface area contributed by atoms with Crippen molar-refractivity contribution in [1.82, 2.24) is 14.8 Å². The summed E-state index contributed by atoms with van der Waals surface area (Å²) in [7, 11) is 0. The van der Waals surface area contributed by atoms with Crippen LogP contribution in [-0.4, -0.2) is 59.2 Å². The molecule has 1 fully saturated rings. The Labute approximate surface area is 204 Å². The van der Waals surface area contributed by atoms with E-state index in [1.165, 1.54) is 0 Å². The third-order valence-electron chi connectivity index (χ3n) is 6.42. The quantitative estimate of drug-likeness (QED) is 0.601. The Kier molecular flexibility index (Phi) is 7.82. The number of pyridine rings is 1. The summed E-state index contributed by atoms with van der Waals surface area (Å²) >= 11 is 1.64. The van der Waals surface area contributed by atoms with Gasteiger partial charge in [-0.1, -0.05) is 6.07 Å². The molecule has 2 aliphatic rings. The first-order valence-corrected chi connectivity index (χ1v) is 13.2. The van der Waals surface area contributed by atoms with E-state index in [-0.39, 0.29) is 29.3 Å². The third kappa shape index (κ3) is 5.58. The van der Waals surface area contributed by atoms with Gasteiger partial charge in [0.05, 0.1) is 6.61 Å². The predicted octanol–water partition coefficient (Wildman–Crippen LogP) is 3.14. The van der Waals surface area contributed by atoms with Gasteiger partial charge in [0.25, 0.3) is 5.56 Å². The second-order valence-corrected chi connectivity index (χ2v) is 9.82. The van der Waals surface area contributed by atoms with Crippen molar-refractivity contribution in [3.8, 4) is 5.75 Å². The number of thioether (sulfide) groups is 1. The molecule has 1 saturated heterocycles. The van der Waals surface area contributed by atoms with Crippen molar-refractivity contribution in [1.29, 1.82) is 0 Å². The van der Waals surface area contributed by atoms with E-state index in [1.807, 2.05) is 35.9 Å². The van der Waals surface area contributed by atoms with Crippen LogP contribution >= 0.6 is 11.8 Å². The SMILES string of the molecule is CCOc1ccc(NC(=O)[C@H](CCSC)NC(=O)N2C[C@@H]3C[C@H](C2)c2cccc(=O)n2C3)cc1. The van der Waals surface area contributed by atoms with Crippen LogP contribution in [0.15, 0.2) is 47.3 Å². The smallest absolute Gasteiger partial charge is 0.318 e. The zero-order chi connectivity index (χ0) is 24.1. The highest BCUT2D eigenvalue weighted by Crippen LogP contribution is 2.34. The molecule has 182 valence electrons.